The van der Waals surface area contributed by atoms with E-state index in [0.717, 1.165) is 18.2 Å². The van der Waals surface area contributed by atoms with E-state index in [1.165, 1.54) is 26.1 Å². The van der Waals surface area contributed by atoms with Gasteiger partial charge in [-0.05, 0) is 153 Å². The minimum atomic E-state index is -4.82. The van der Waals surface area contributed by atoms with Crippen LogP contribution in [0.25, 0.3) is 42.8 Å². The Morgan fingerprint density at radius 1 is 0.484 bits per heavy atom. The number of rotatable bonds is 16. The van der Waals surface area contributed by atoms with Crippen molar-refractivity contribution in [3.63, 3.8) is 0 Å². The first-order valence-electron chi connectivity index (χ1n) is 28.8. The van der Waals surface area contributed by atoms with Gasteiger partial charge < -0.3 is 40.5 Å². The number of nitrogens with two attached hydrogens (primary N) is 1. The monoisotopic (exact) mass is 1330 g/mol. The molecule has 6 N–H and O–H groups in total. The van der Waals surface area contributed by atoms with E-state index in [0.29, 0.717) is 102 Å². The Hall–Kier alpha value is -10.3. The predicted molar refractivity (Wildman–Crippen MR) is 334 cm³/mol. The van der Waals surface area contributed by atoms with Crippen molar-refractivity contribution in [1.82, 2.24) is 13.7 Å². The van der Waals surface area contributed by atoms with Gasteiger partial charge in [-0.1, -0.05) is 41.5 Å². The van der Waals surface area contributed by atoms with Gasteiger partial charge in [0.2, 0.25) is 17.7 Å². The van der Waals surface area contributed by atoms with Gasteiger partial charge in [-0.2, -0.15) is 39.5 Å². The van der Waals surface area contributed by atoms with Crippen LogP contribution in [0.4, 0.5) is 69.7 Å². The summed E-state index contributed by atoms with van der Waals surface area (Å²) in [5.41, 5.74) is 12.5. The number of anilines is 3. The number of aliphatic hydroxyl groups is 1. The van der Waals surface area contributed by atoms with Gasteiger partial charge in [0.05, 0.1) is 65.7 Å². The minimum Gasteiger partial charge on any atom is -0.394 e. The summed E-state index contributed by atoms with van der Waals surface area (Å²) in [5.74, 6) is -6.03. The standard InChI is InChI=1S/C22H19F4N5O2.C22H21F4N3O2.C22H20F4N2O3/c1-12-3-5-16-15(7-8-31(21(16)33)13(2)11-28-30-27)20(12)29-19(32)10-14-4-6-17(18(23)9-14)22(24,25)26;1-12-3-5-16-15(7-8-29(21(16)31)13(2)11-27)20(12)28-19(30)10-14-4-6-17(18(23)9-14)22(24,25)26;1-12-3-5-16-15(7-8-28(21(16)31)13(2)11-29)20(12)27-19(30)10-14-4-6-17(18(23)9-14)22(24,25)26/h3-9,13H,10-11H2,1-2H3,(H,29,32);3-9,13H,10-11,27H2,1-2H3,(H,28,30);3-9,13,29H,10-11H2,1-2H3,(H,27,30)/t3*13-/m111/s1. The first-order chi connectivity index (χ1) is 44.6. The van der Waals surface area contributed by atoms with Gasteiger partial charge in [0.15, 0.2) is 0 Å². The molecule has 3 aromatic heterocycles. The van der Waals surface area contributed by atoms with Gasteiger partial charge in [0, 0.05) is 81.0 Å². The summed E-state index contributed by atoms with van der Waals surface area (Å²) in [6, 6.07) is 20.9. The Bertz CT molecular complexity index is 4470. The highest BCUT2D eigenvalue weighted by molar-refractivity contribution is 6.06. The molecule has 3 atom stereocenters. The Morgan fingerprint density at radius 2 is 0.779 bits per heavy atom. The second-order valence-corrected chi connectivity index (χ2v) is 22.2. The van der Waals surface area contributed by atoms with Crippen LogP contribution < -0.4 is 38.4 Å². The van der Waals surface area contributed by atoms with Gasteiger partial charge >= 0.3 is 18.5 Å². The Morgan fingerprint density at radius 3 is 1.04 bits per heavy atom. The fourth-order valence-corrected chi connectivity index (χ4v) is 10.1. The summed E-state index contributed by atoms with van der Waals surface area (Å²) >= 11 is 0. The predicted octanol–water partition coefficient (Wildman–Crippen LogP) is 13.9. The van der Waals surface area contributed by atoms with E-state index >= 15 is 0 Å². The highest BCUT2D eigenvalue weighted by atomic mass is 19.4. The number of aryl methyl sites for hydroxylation is 3. The highest BCUT2D eigenvalue weighted by Crippen LogP contribution is 2.36. The summed E-state index contributed by atoms with van der Waals surface area (Å²) in [6.07, 6.45) is -10.8. The van der Waals surface area contributed by atoms with Crippen molar-refractivity contribution in [3.8, 4) is 0 Å². The number of fused-ring (bicyclic) bond motifs is 3. The van der Waals surface area contributed by atoms with Crippen molar-refractivity contribution in [1.29, 1.82) is 0 Å². The number of carbonyl (C=O) groups excluding carboxylic acids is 3. The number of hydrogen-bond acceptors (Lipinski definition) is 9. The lowest BCUT2D eigenvalue weighted by Crippen LogP contribution is -2.27. The van der Waals surface area contributed by atoms with Crippen molar-refractivity contribution in [2.24, 2.45) is 10.8 Å². The number of aromatic nitrogens is 3. The molecule has 0 aliphatic rings. The summed E-state index contributed by atoms with van der Waals surface area (Å²) in [7, 11) is 0. The van der Waals surface area contributed by atoms with E-state index in [4.69, 9.17) is 11.3 Å². The molecule has 3 heterocycles. The molecule has 500 valence electrons. The van der Waals surface area contributed by atoms with E-state index in [1.54, 1.807) is 95.4 Å². The molecule has 0 aliphatic heterocycles. The number of nitrogens with zero attached hydrogens (tertiary/aromatic N) is 6. The topological polar surface area (TPSA) is 248 Å². The second-order valence-electron chi connectivity index (χ2n) is 22.2. The van der Waals surface area contributed by atoms with Crippen LogP contribution >= 0.6 is 0 Å². The van der Waals surface area contributed by atoms with Gasteiger partial charge in [-0.3, -0.25) is 28.8 Å². The van der Waals surface area contributed by atoms with Crippen molar-refractivity contribution < 1.29 is 72.2 Å². The number of hydrogen-bond donors (Lipinski definition) is 5. The molecule has 0 aliphatic carbocycles. The van der Waals surface area contributed by atoms with Crippen molar-refractivity contribution in [2.45, 2.75) is 97.5 Å². The number of alkyl halides is 9. The molecule has 0 saturated carbocycles. The number of carbonyl (C=O) groups is 3. The molecule has 0 unspecified atom stereocenters. The first-order valence-corrected chi connectivity index (χ1v) is 28.8. The van der Waals surface area contributed by atoms with Crippen LogP contribution in [0.2, 0.25) is 0 Å². The lowest BCUT2D eigenvalue weighted by atomic mass is 10.0. The van der Waals surface area contributed by atoms with E-state index in [9.17, 15) is 86.6 Å². The molecule has 3 amide bonds. The zero-order valence-corrected chi connectivity index (χ0v) is 51.3. The van der Waals surface area contributed by atoms with Crippen molar-refractivity contribution in [3.05, 3.63) is 237 Å². The molecule has 9 rings (SSSR count). The molecule has 0 spiro atoms. The summed E-state index contributed by atoms with van der Waals surface area (Å²) in [4.78, 5) is 78.7. The van der Waals surface area contributed by atoms with E-state index in [1.807, 2.05) is 6.92 Å². The minimum absolute atomic E-state index is 0.0742. The lowest BCUT2D eigenvalue weighted by Gasteiger charge is -2.16. The van der Waals surface area contributed by atoms with Crippen LogP contribution in [-0.4, -0.2) is 56.2 Å². The fourth-order valence-electron chi connectivity index (χ4n) is 10.1. The molecule has 0 fully saturated rings. The van der Waals surface area contributed by atoms with Crippen LogP contribution in [0.1, 0.15) is 89.0 Å². The van der Waals surface area contributed by atoms with E-state index in [-0.39, 0.29) is 84.4 Å². The number of nitrogens with one attached hydrogen (secondary N) is 3. The van der Waals surface area contributed by atoms with Crippen LogP contribution in [-0.2, 0) is 52.2 Å². The number of pyridine rings is 3. The molecule has 6 aromatic carbocycles. The highest BCUT2D eigenvalue weighted by Gasteiger charge is 2.36. The molecule has 95 heavy (non-hydrogen) atoms. The van der Waals surface area contributed by atoms with Crippen LogP contribution in [0.3, 0.4) is 0 Å². The molecule has 0 saturated heterocycles. The third kappa shape index (κ3) is 17.1. The molecular formula is C66H60F12N10O7. The Kier molecular flexibility index (Phi) is 22.6. The van der Waals surface area contributed by atoms with Gasteiger partial charge in [-0.15, -0.1) is 0 Å². The second kappa shape index (κ2) is 29.8. The maximum absolute atomic E-state index is 13.8. The zero-order valence-electron chi connectivity index (χ0n) is 51.3. The van der Waals surface area contributed by atoms with Gasteiger partial charge in [0.1, 0.15) is 17.5 Å². The van der Waals surface area contributed by atoms with Crippen LogP contribution in [0, 0.1) is 38.2 Å². The Labute approximate surface area is 532 Å². The SMILES string of the molecule is Cc1ccc2c(=O)n([C@H](C)CN)ccc2c1NC(=O)Cc1ccc(C(F)(F)F)c(F)c1.Cc1ccc2c(=O)n([C@H](C)CN=[N+]=[N-])ccc2c1NC(=O)Cc1ccc(C(F)(F)F)c(F)c1.Cc1ccc2c(=O)n([C@H](C)CO)ccc2c1NC(=O)Cc1ccc(C(F)(F)F)c(F)c1. The van der Waals surface area contributed by atoms with Crippen molar-refractivity contribution in [2.75, 3.05) is 35.6 Å². The quantitative estimate of drug-likeness (QED) is 0.0269. The first kappa shape index (κ1) is 72.2. The van der Waals surface area contributed by atoms with Crippen LogP contribution in [0.15, 0.2) is 147 Å². The molecule has 0 bridgehead atoms. The average molecular weight is 1330 g/mol. The smallest absolute Gasteiger partial charge is 0.394 e. The van der Waals surface area contributed by atoms with Gasteiger partial charge in [-0.25, -0.2) is 13.2 Å². The summed E-state index contributed by atoms with van der Waals surface area (Å²) < 4.78 is 160. The number of amides is 3. The summed E-state index contributed by atoms with van der Waals surface area (Å²) in [6.45, 7) is 10.6. The van der Waals surface area contributed by atoms with Crippen LogP contribution in [0.5, 0.6) is 0 Å². The van der Waals surface area contributed by atoms with Gasteiger partial charge in [0.25, 0.3) is 16.7 Å². The van der Waals surface area contributed by atoms with Crippen molar-refractivity contribution >= 4 is 67.1 Å². The number of benzene rings is 6. The third-order valence-electron chi connectivity index (χ3n) is 15.3. The fraction of sp³-hybridized carbons (Fsp3) is 0.273. The molecule has 9 aromatic rings. The number of aliphatic hydroxyl groups excluding tert-OH is 1. The number of azide groups is 1. The molecular weight excluding hydrogens is 1270 g/mol. The lowest BCUT2D eigenvalue weighted by molar-refractivity contribution is -0.140. The maximum atomic E-state index is 13.8. The van der Waals surface area contributed by atoms with E-state index in [2.05, 4.69) is 26.0 Å². The molecule has 0 radical (unpaired) electrons. The molecule has 29 heteroatoms. The average Bonchev–Trinajstić information content (AvgIpc) is 0.790. The molecule has 17 nitrogen and oxygen atoms in total. The van der Waals surface area contributed by atoms with E-state index < -0.39 is 76.4 Å². The maximum Gasteiger partial charge on any atom is 0.419 e. The zero-order chi connectivity index (χ0) is 70.2. The normalized spacial score (nSPS) is 12.6. The largest absolute Gasteiger partial charge is 0.419 e. The Balaban J connectivity index is 0.000000201. The number of halogens is 12. The summed E-state index contributed by atoms with van der Waals surface area (Å²) in [5, 5.41) is 23.4. The third-order valence-corrected chi connectivity index (χ3v) is 15.3.